The van der Waals surface area contributed by atoms with E-state index in [2.05, 4.69) is 15.8 Å². The van der Waals surface area contributed by atoms with Crippen LogP contribution in [0, 0.1) is 5.92 Å². The first kappa shape index (κ1) is 25.7. The summed E-state index contributed by atoms with van der Waals surface area (Å²) in [6.45, 7) is 5.53. The van der Waals surface area contributed by atoms with E-state index in [-0.39, 0.29) is 12.5 Å². The largest absolute Gasteiger partial charge is 0.490 e. The summed E-state index contributed by atoms with van der Waals surface area (Å²) in [4.78, 5) is 36.1. The first-order chi connectivity index (χ1) is 15.7. The van der Waals surface area contributed by atoms with Crippen LogP contribution in [-0.2, 0) is 9.59 Å². The average molecular weight is 475 g/mol. The molecule has 0 bridgehead atoms. The van der Waals surface area contributed by atoms with Crippen LogP contribution in [0.5, 0.6) is 11.5 Å². The lowest BCUT2D eigenvalue weighted by Gasteiger charge is -2.20. The molecule has 0 heterocycles. The third kappa shape index (κ3) is 8.12. The summed E-state index contributed by atoms with van der Waals surface area (Å²) in [6.07, 6.45) is 1.43. The number of halogens is 1. The third-order valence-corrected chi connectivity index (χ3v) is 4.58. The molecule has 9 nitrogen and oxygen atoms in total. The van der Waals surface area contributed by atoms with Gasteiger partial charge in [0, 0.05) is 10.6 Å². The zero-order valence-electron chi connectivity index (χ0n) is 18.6. The summed E-state index contributed by atoms with van der Waals surface area (Å²) in [5, 5.41) is 7.11. The van der Waals surface area contributed by atoms with Crippen molar-refractivity contribution in [3.63, 3.8) is 0 Å². The van der Waals surface area contributed by atoms with Gasteiger partial charge in [0.05, 0.1) is 12.8 Å². The number of primary amides is 1. The molecule has 0 aliphatic carbocycles. The summed E-state index contributed by atoms with van der Waals surface area (Å²) < 4.78 is 10.8. The smallest absolute Gasteiger partial charge is 0.262 e. The van der Waals surface area contributed by atoms with E-state index < -0.39 is 23.8 Å². The maximum Gasteiger partial charge on any atom is 0.262 e. The minimum absolute atomic E-state index is 0.186. The van der Waals surface area contributed by atoms with Gasteiger partial charge in [-0.05, 0) is 54.8 Å². The Kier molecular flexibility index (Phi) is 9.68. The monoisotopic (exact) mass is 474 g/mol. The Morgan fingerprint density at radius 2 is 1.88 bits per heavy atom. The number of nitrogens with zero attached hydrogens (tertiary/aromatic N) is 1. The van der Waals surface area contributed by atoms with E-state index in [0.717, 1.165) is 0 Å². The van der Waals surface area contributed by atoms with Crippen molar-refractivity contribution in [1.29, 1.82) is 0 Å². The van der Waals surface area contributed by atoms with Gasteiger partial charge in [0.2, 0.25) is 0 Å². The highest BCUT2D eigenvalue weighted by molar-refractivity contribution is 6.31. The maximum absolute atomic E-state index is 12.6. The second-order valence-corrected chi connectivity index (χ2v) is 7.77. The average Bonchev–Trinajstić information content (AvgIpc) is 2.76. The number of carbonyl (C=O) groups excluding carboxylic acids is 3. The van der Waals surface area contributed by atoms with E-state index in [1.165, 1.54) is 12.3 Å². The fraction of sp³-hybridized carbons (Fsp3) is 0.304. The summed E-state index contributed by atoms with van der Waals surface area (Å²) in [6, 6.07) is 10.6. The minimum Gasteiger partial charge on any atom is -0.490 e. The van der Waals surface area contributed by atoms with Crippen molar-refractivity contribution in [2.24, 2.45) is 16.8 Å². The van der Waals surface area contributed by atoms with E-state index >= 15 is 0 Å². The SMILES string of the molecule is CCOc1cc(/C=N/NC(=O)C(NC(=O)c2cccc(Cl)c2)C(C)C)ccc1OCC(N)=O. The molecule has 1 atom stereocenters. The van der Waals surface area contributed by atoms with Gasteiger partial charge in [-0.25, -0.2) is 5.43 Å². The second kappa shape index (κ2) is 12.4. The molecule has 0 radical (unpaired) electrons. The Hall–Kier alpha value is -3.59. The number of rotatable bonds is 11. The highest BCUT2D eigenvalue weighted by atomic mass is 35.5. The molecule has 0 fully saturated rings. The van der Waals surface area contributed by atoms with E-state index in [0.29, 0.717) is 34.3 Å². The number of benzene rings is 2. The molecule has 0 aliphatic rings. The number of nitrogens with two attached hydrogens (primary N) is 1. The first-order valence-corrected chi connectivity index (χ1v) is 10.7. The highest BCUT2D eigenvalue weighted by Crippen LogP contribution is 2.28. The Labute approximate surface area is 197 Å². The third-order valence-electron chi connectivity index (χ3n) is 4.35. The van der Waals surface area contributed by atoms with Crippen LogP contribution in [0.4, 0.5) is 0 Å². The van der Waals surface area contributed by atoms with Crippen molar-refractivity contribution in [2.75, 3.05) is 13.2 Å². The molecule has 33 heavy (non-hydrogen) atoms. The predicted octanol–water partition coefficient (Wildman–Crippen LogP) is 2.51. The topological polar surface area (TPSA) is 132 Å². The fourth-order valence-electron chi connectivity index (χ4n) is 2.77. The van der Waals surface area contributed by atoms with Gasteiger partial charge in [-0.2, -0.15) is 5.10 Å². The van der Waals surface area contributed by atoms with Gasteiger partial charge in [-0.3, -0.25) is 14.4 Å². The summed E-state index contributed by atoms with van der Waals surface area (Å²) >= 11 is 5.93. The van der Waals surface area contributed by atoms with Crippen molar-refractivity contribution in [2.45, 2.75) is 26.8 Å². The molecule has 0 aliphatic heterocycles. The lowest BCUT2D eigenvalue weighted by molar-refractivity contribution is -0.124. The minimum atomic E-state index is -0.808. The second-order valence-electron chi connectivity index (χ2n) is 7.33. The molecule has 0 saturated carbocycles. The van der Waals surface area contributed by atoms with Crippen LogP contribution in [0.25, 0.3) is 0 Å². The van der Waals surface area contributed by atoms with Crippen LogP contribution in [0.15, 0.2) is 47.6 Å². The number of nitrogens with one attached hydrogen (secondary N) is 2. The molecule has 0 saturated heterocycles. The molecule has 0 aromatic heterocycles. The Balaban J connectivity index is 2.05. The standard InChI is InChI=1S/C23H27ClN4O5/c1-4-32-19-10-15(8-9-18(19)33-13-20(25)29)12-26-28-23(31)21(14(2)3)27-22(30)16-6-5-7-17(24)11-16/h5-12,14,21H,4,13H2,1-3H3,(H2,25,29)(H,27,30)(H,28,31)/b26-12+. The molecule has 2 aromatic carbocycles. The van der Waals surface area contributed by atoms with Gasteiger partial charge in [-0.15, -0.1) is 0 Å². The van der Waals surface area contributed by atoms with Crippen molar-refractivity contribution in [3.8, 4) is 11.5 Å². The maximum atomic E-state index is 12.6. The number of hydrazone groups is 1. The predicted molar refractivity (Wildman–Crippen MR) is 126 cm³/mol. The Morgan fingerprint density at radius 1 is 1.12 bits per heavy atom. The van der Waals surface area contributed by atoms with Crippen LogP contribution < -0.4 is 25.9 Å². The van der Waals surface area contributed by atoms with Crippen molar-refractivity contribution < 1.29 is 23.9 Å². The highest BCUT2D eigenvalue weighted by Gasteiger charge is 2.24. The molecule has 4 N–H and O–H groups in total. The Bertz CT molecular complexity index is 1030. The van der Waals surface area contributed by atoms with Gasteiger partial charge in [0.25, 0.3) is 17.7 Å². The summed E-state index contributed by atoms with van der Waals surface area (Å²) in [5.74, 6) is -0.905. The number of hydrogen-bond donors (Lipinski definition) is 3. The number of amides is 3. The Morgan fingerprint density at radius 3 is 2.52 bits per heavy atom. The normalized spacial score (nSPS) is 11.8. The zero-order valence-corrected chi connectivity index (χ0v) is 19.4. The molecule has 3 amide bonds. The van der Waals surface area contributed by atoms with Crippen molar-refractivity contribution in [1.82, 2.24) is 10.7 Å². The fourth-order valence-corrected chi connectivity index (χ4v) is 2.96. The molecule has 10 heteroatoms. The lowest BCUT2D eigenvalue weighted by Crippen LogP contribution is -2.48. The van der Waals surface area contributed by atoms with Crippen LogP contribution in [0.2, 0.25) is 5.02 Å². The molecule has 1 unspecified atom stereocenters. The molecule has 2 rings (SSSR count). The van der Waals surface area contributed by atoms with Gasteiger partial charge >= 0.3 is 0 Å². The van der Waals surface area contributed by atoms with Gasteiger partial charge in [-0.1, -0.05) is 31.5 Å². The van der Waals surface area contributed by atoms with E-state index in [4.69, 9.17) is 26.8 Å². The lowest BCUT2D eigenvalue weighted by atomic mass is 10.0. The summed E-state index contributed by atoms with van der Waals surface area (Å²) in [7, 11) is 0. The van der Waals surface area contributed by atoms with E-state index in [9.17, 15) is 14.4 Å². The number of hydrogen-bond acceptors (Lipinski definition) is 6. The van der Waals surface area contributed by atoms with Crippen LogP contribution in [0.1, 0.15) is 36.7 Å². The van der Waals surface area contributed by atoms with E-state index in [1.807, 2.05) is 20.8 Å². The quantitative estimate of drug-likeness (QED) is 0.340. The van der Waals surface area contributed by atoms with E-state index in [1.54, 1.807) is 36.4 Å². The summed E-state index contributed by atoms with van der Waals surface area (Å²) in [5.41, 5.74) is 8.52. The van der Waals surface area contributed by atoms with Crippen molar-refractivity contribution >= 4 is 35.5 Å². The van der Waals surface area contributed by atoms with Gasteiger partial charge < -0.3 is 20.5 Å². The van der Waals surface area contributed by atoms with Crippen LogP contribution in [-0.4, -0.2) is 43.2 Å². The van der Waals surface area contributed by atoms with Gasteiger partial charge in [0.15, 0.2) is 18.1 Å². The number of ether oxygens (including phenoxy) is 2. The molecule has 176 valence electrons. The molecular weight excluding hydrogens is 448 g/mol. The van der Waals surface area contributed by atoms with Crippen LogP contribution in [0.3, 0.4) is 0 Å². The first-order valence-electron chi connectivity index (χ1n) is 10.3. The molecule has 0 spiro atoms. The molecule has 2 aromatic rings. The number of carbonyl (C=O) groups is 3. The van der Waals surface area contributed by atoms with Crippen molar-refractivity contribution in [3.05, 3.63) is 58.6 Å². The van der Waals surface area contributed by atoms with Gasteiger partial charge in [0.1, 0.15) is 6.04 Å². The van der Waals surface area contributed by atoms with Crippen LogP contribution >= 0.6 is 11.6 Å². The molecular formula is C23H27ClN4O5. The zero-order chi connectivity index (χ0) is 24.4.